The Morgan fingerprint density at radius 1 is 1.60 bits per heavy atom. The van der Waals surface area contributed by atoms with Gasteiger partial charge in [-0.2, -0.15) is 0 Å². The van der Waals surface area contributed by atoms with E-state index in [4.69, 9.17) is 0 Å². The van der Waals surface area contributed by atoms with Gasteiger partial charge >= 0.3 is 19.5 Å². The van der Waals surface area contributed by atoms with Gasteiger partial charge in [-0.15, -0.1) is 0 Å². The van der Waals surface area contributed by atoms with Crippen LogP contribution in [0.3, 0.4) is 0 Å². The summed E-state index contributed by atoms with van der Waals surface area (Å²) in [5.74, 6) is -0.234. The molecule has 0 unspecified atom stereocenters. The van der Waals surface area contributed by atoms with E-state index >= 15 is 0 Å². The van der Waals surface area contributed by atoms with Crippen LogP contribution in [0.4, 0.5) is 0 Å². The van der Waals surface area contributed by atoms with Crippen LogP contribution in [0.25, 0.3) is 0 Å². The predicted octanol–water partition coefficient (Wildman–Crippen LogP) is 1.98. The SMILES string of the molecule is [CH2-]CC(=O)OCC.[CH2-]I.[Zn+2]. The Bertz CT molecular complexity index is 68.8. The van der Waals surface area contributed by atoms with E-state index in [1.54, 1.807) is 6.92 Å². The van der Waals surface area contributed by atoms with Crippen molar-refractivity contribution in [3.05, 3.63) is 11.9 Å². The maximum Gasteiger partial charge on any atom is 2.00 e. The average molecular weight is 307 g/mol. The summed E-state index contributed by atoms with van der Waals surface area (Å²) in [4.78, 5) is 13.3. The summed E-state index contributed by atoms with van der Waals surface area (Å²) in [6.45, 7) is 5.55. The summed E-state index contributed by atoms with van der Waals surface area (Å²) in [5.41, 5.74) is 0. The molecule has 0 aromatic carbocycles. The van der Waals surface area contributed by atoms with Crippen molar-refractivity contribution in [2.24, 2.45) is 0 Å². The molecule has 0 spiro atoms. The third kappa shape index (κ3) is 15.9. The van der Waals surface area contributed by atoms with Crippen LogP contribution in [-0.2, 0) is 29.0 Å². The molecule has 56 valence electrons. The van der Waals surface area contributed by atoms with Gasteiger partial charge in [0.25, 0.3) is 5.97 Å². The number of carbonyl (C=O) groups is 1. The number of ether oxygens (including phenoxy) is 1. The molecule has 0 aromatic heterocycles. The molecule has 0 amide bonds. The summed E-state index contributed by atoms with van der Waals surface area (Å²) in [6, 6.07) is 0. The van der Waals surface area contributed by atoms with Gasteiger partial charge < -0.3 is 34.3 Å². The van der Waals surface area contributed by atoms with Crippen LogP contribution in [0.5, 0.6) is 0 Å². The Hall–Kier alpha value is 0.823. The summed E-state index contributed by atoms with van der Waals surface area (Å²) in [5, 5.41) is 0. The maximum atomic E-state index is 10.1. The van der Waals surface area contributed by atoms with Crippen molar-refractivity contribution < 1.29 is 29.0 Å². The Kier molecular flexibility index (Phi) is 28.0. The number of esters is 1. The zero-order chi connectivity index (χ0) is 7.70. The van der Waals surface area contributed by atoms with Gasteiger partial charge in [-0.25, -0.2) is 0 Å². The topological polar surface area (TPSA) is 26.3 Å². The van der Waals surface area contributed by atoms with Crippen molar-refractivity contribution in [2.45, 2.75) is 13.3 Å². The standard InChI is InChI=1S/C5H9O2.CH2I.Zn/c1-3-5(6)7-4-2;1-2;/h1,3-4H2,2H3;1H2;/q2*-1;+2. The molecule has 0 saturated heterocycles. The van der Waals surface area contributed by atoms with E-state index in [1.165, 1.54) is 0 Å². The molecular weight excluding hydrogens is 296 g/mol. The Morgan fingerprint density at radius 2 is 2.00 bits per heavy atom. The summed E-state index contributed by atoms with van der Waals surface area (Å²) in [7, 11) is 0. The van der Waals surface area contributed by atoms with Gasteiger partial charge in [0.15, 0.2) is 0 Å². The molecule has 0 aliphatic rings. The van der Waals surface area contributed by atoms with E-state index < -0.39 is 0 Å². The fraction of sp³-hybridized carbons (Fsp3) is 0.500. The normalized spacial score (nSPS) is 6.40. The second kappa shape index (κ2) is 16.4. The van der Waals surface area contributed by atoms with Crippen molar-refractivity contribution in [1.29, 1.82) is 0 Å². The minimum absolute atomic E-state index is 0. The Balaban J connectivity index is -0.000000149. The first-order valence-corrected chi connectivity index (χ1v) is 4.05. The molecule has 0 fully saturated rings. The number of carbonyl (C=O) groups excluding carboxylic acids is 1. The van der Waals surface area contributed by atoms with Crippen molar-refractivity contribution in [1.82, 2.24) is 0 Å². The smallest absolute Gasteiger partial charge is 0.468 e. The van der Waals surface area contributed by atoms with Crippen molar-refractivity contribution in [3.63, 3.8) is 0 Å². The summed E-state index contributed by atoms with van der Waals surface area (Å²) >= 11 is 1.90. The van der Waals surface area contributed by atoms with Crippen LogP contribution >= 0.6 is 22.6 Å². The first-order valence-electron chi connectivity index (χ1n) is 2.52. The van der Waals surface area contributed by atoms with Gasteiger partial charge in [0, 0.05) is 0 Å². The molecule has 0 aromatic rings. The van der Waals surface area contributed by atoms with Crippen LogP contribution in [0.2, 0.25) is 0 Å². The minimum Gasteiger partial charge on any atom is -0.468 e. The Morgan fingerprint density at radius 3 is 2.10 bits per heavy atom. The molecule has 10 heavy (non-hydrogen) atoms. The molecule has 0 atom stereocenters. The van der Waals surface area contributed by atoms with Gasteiger partial charge in [0.1, 0.15) is 0 Å². The fourth-order valence-corrected chi connectivity index (χ4v) is 0.233. The minimum atomic E-state index is -0.234. The van der Waals surface area contributed by atoms with Crippen molar-refractivity contribution in [3.8, 4) is 0 Å². The molecule has 0 aliphatic carbocycles. The van der Waals surface area contributed by atoms with Gasteiger partial charge in [-0.1, -0.05) is 6.42 Å². The third-order valence-corrected chi connectivity index (χ3v) is 0.509. The van der Waals surface area contributed by atoms with E-state index in [1.807, 2.05) is 22.6 Å². The second-order valence-corrected chi connectivity index (χ2v) is 1.06. The first kappa shape index (κ1) is 17.1. The van der Waals surface area contributed by atoms with Crippen LogP contribution in [0.1, 0.15) is 13.3 Å². The molecule has 0 rings (SSSR count). The molecule has 0 bridgehead atoms. The van der Waals surface area contributed by atoms with Crippen molar-refractivity contribution in [2.75, 3.05) is 6.61 Å². The number of halogens is 1. The molecule has 4 heteroatoms. The number of hydrogen-bond donors (Lipinski definition) is 0. The van der Waals surface area contributed by atoms with Crippen LogP contribution < -0.4 is 0 Å². The first-order chi connectivity index (χ1) is 4.31. The van der Waals surface area contributed by atoms with Gasteiger partial charge in [0.05, 0.1) is 6.61 Å². The van der Waals surface area contributed by atoms with Crippen molar-refractivity contribution >= 4 is 28.6 Å². The summed E-state index contributed by atoms with van der Waals surface area (Å²) < 4.78 is 4.49. The molecular formula is C6H11IO2Zn. The van der Waals surface area contributed by atoms with E-state index in [-0.39, 0.29) is 31.9 Å². The average Bonchev–Trinajstić information content (AvgIpc) is 1.93. The van der Waals surface area contributed by atoms with E-state index in [0.29, 0.717) is 6.61 Å². The second-order valence-electron chi connectivity index (χ2n) is 1.06. The molecule has 0 N–H and O–H groups in total. The van der Waals surface area contributed by atoms with E-state index in [9.17, 15) is 4.79 Å². The van der Waals surface area contributed by atoms with Gasteiger partial charge in [-0.05, 0) is 6.92 Å². The predicted molar refractivity (Wildman–Crippen MR) is 46.0 cm³/mol. The number of hydrogen-bond acceptors (Lipinski definition) is 2. The van der Waals surface area contributed by atoms with Crippen LogP contribution in [0, 0.1) is 11.9 Å². The molecule has 0 radical (unpaired) electrons. The maximum absolute atomic E-state index is 10.1. The Labute approximate surface area is 89.0 Å². The van der Waals surface area contributed by atoms with E-state index in [2.05, 4.69) is 16.6 Å². The van der Waals surface area contributed by atoms with Gasteiger partial charge in [-0.3, -0.25) is 9.73 Å². The quantitative estimate of drug-likeness (QED) is 0.337. The van der Waals surface area contributed by atoms with Gasteiger partial charge in [0.2, 0.25) is 0 Å². The van der Waals surface area contributed by atoms with Crippen LogP contribution in [0.15, 0.2) is 0 Å². The van der Waals surface area contributed by atoms with Crippen LogP contribution in [-0.4, -0.2) is 12.6 Å². The monoisotopic (exact) mass is 306 g/mol. The molecule has 0 aliphatic heterocycles. The summed E-state index contributed by atoms with van der Waals surface area (Å²) in [6.07, 6.45) is 0.230. The molecule has 0 saturated carbocycles. The zero-order valence-electron chi connectivity index (χ0n) is 6.23. The molecule has 2 nitrogen and oxygen atoms in total. The zero-order valence-corrected chi connectivity index (χ0v) is 11.4. The molecule has 0 heterocycles. The fourth-order valence-electron chi connectivity index (χ4n) is 0.233. The largest absolute Gasteiger partial charge is 2.00 e. The van der Waals surface area contributed by atoms with E-state index in [0.717, 1.165) is 0 Å². The number of rotatable bonds is 2. The third-order valence-electron chi connectivity index (χ3n) is 0.509.